The van der Waals surface area contributed by atoms with Crippen molar-refractivity contribution >= 4 is 0 Å². The minimum Gasteiger partial charge on any atom is -0.353 e. The lowest BCUT2D eigenvalue weighted by Crippen LogP contribution is -2.08. The van der Waals surface area contributed by atoms with Gasteiger partial charge >= 0.3 is 0 Å². The zero-order valence-corrected chi connectivity index (χ0v) is 5.21. The maximum absolute atomic E-state index is 4.80. The molecule has 0 saturated carbocycles. The molecule has 0 aliphatic rings. The summed E-state index contributed by atoms with van der Waals surface area (Å²) in [4.78, 5) is 8.40. The van der Waals surface area contributed by atoms with Gasteiger partial charge in [-0.05, 0) is 6.42 Å². The van der Waals surface area contributed by atoms with Crippen LogP contribution in [0.3, 0.4) is 0 Å². The van der Waals surface area contributed by atoms with E-state index >= 15 is 0 Å². The van der Waals surface area contributed by atoms with Crippen LogP contribution >= 0.6 is 0 Å². The molecule has 56 valence electrons. The molecule has 0 bridgehead atoms. The monoisotopic (exact) mass is 136 g/mol. The first-order chi connectivity index (χ1) is 4.41. The van der Waals surface area contributed by atoms with E-state index in [0.717, 1.165) is 6.42 Å². The van der Waals surface area contributed by atoms with Crippen molar-refractivity contribution in [3.05, 3.63) is 0 Å². The van der Waals surface area contributed by atoms with Crippen LogP contribution in [0.1, 0.15) is 6.42 Å². The first-order valence-corrected chi connectivity index (χ1v) is 2.63. The Balaban J connectivity index is 2.60. The fourth-order valence-electron chi connectivity index (χ4n) is 0.351. The lowest BCUT2D eigenvalue weighted by molar-refractivity contribution is -0.0600. The van der Waals surface area contributed by atoms with Crippen LogP contribution < -0.4 is 11.8 Å². The molecule has 9 heavy (non-hydrogen) atoms. The van der Waals surface area contributed by atoms with E-state index in [1.807, 2.05) is 0 Å². The molecule has 0 atom stereocenters. The van der Waals surface area contributed by atoms with Gasteiger partial charge in [-0.3, -0.25) is 4.84 Å². The van der Waals surface area contributed by atoms with E-state index in [-0.39, 0.29) is 6.79 Å². The topological polar surface area (TPSA) is 79.7 Å². The SMILES string of the molecule is NOCCCOCON. The molecular formula is C4H12N2O3. The molecule has 4 N–H and O–H groups in total. The van der Waals surface area contributed by atoms with Crippen LogP contribution in [0, 0.1) is 0 Å². The summed E-state index contributed by atoms with van der Waals surface area (Å²) in [7, 11) is 0. The predicted octanol–water partition coefficient (Wildman–Crippen LogP) is -0.869. The van der Waals surface area contributed by atoms with Gasteiger partial charge in [-0.2, -0.15) is 0 Å². The van der Waals surface area contributed by atoms with Crippen molar-refractivity contribution in [2.75, 3.05) is 20.0 Å². The third-order valence-electron chi connectivity index (χ3n) is 0.702. The second-order valence-electron chi connectivity index (χ2n) is 1.42. The van der Waals surface area contributed by atoms with Crippen molar-refractivity contribution in [3.8, 4) is 0 Å². The van der Waals surface area contributed by atoms with Crippen LogP contribution in [0.15, 0.2) is 0 Å². The molecule has 0 saturated heterocycles. The standard InChI is InChI=1S/C4H12N2O3/c5-8-3-1-2-7-4-9-6/h1-6H2. The molecule has 0 radical (unpaired) electrons. The smallest absolute Gasteiger partial charge is 0.166 e. The summed E-state index contributed by atoms with van der Waals surface area (Å²) >= 11 is 0. The fraction of sp³-hybridized carbons (Fsp3) is 1.00. The highest BCUT2D eigenvalue weighted by molar-refractivity contribution is 4.28. The van der Waals surface area contributed by atoms with Gasteiger partial charge in [0.05, 0.1) is 13.2 Å². The number of nitrogens with two attached hydrogens (primary N) is 2. The van der Waals surface area contributed by atoms with Crippen molar-refractivity contribution in [2.24, 2.45) is 11.8 Å². The Morgan fingerprint density at radius 1 is 1.00 bits per heavy atom. The fourth-order valence-corrected chi connectivity index (χ4v) is 0.351. The Hall–Kier alpha value is -0.200. The zero-order chi connectivity index (χ0) is 6.95. The van der Waals surface area contributed by atoms with Crippen molar-refractivity contribution in [2.45, 2.75) is 6.42 Å². The van der Waals surface area contributed by atoms with Crippen LogP contribution in [0.5, 0.6) is 0 Å². The van der Waals surface area contributed by atoms with Gasteiger partial charge in [-0.25, -0.2) is 11.8 Å². The molecule has 5 nitrogen and oxygen atoms in total. The molecule has 0 heterocycles. The third-order valence-corrected chi connectivity index (χ3v) is 0.702. The zero-order valence-electron chi connectivity index (χ0n) is 5.21. The van der Waals surface area contributed by atoms with Gasteiger partial charge in [-0.1, -0.05) is 0 Å². The van der Waals surface area contributed by atoms with Gasteiger partial charge in [-0.15, -0.1) is 0 Å². The molecule has 0 unspecified atom stereocenters. The van der Waals surface area contributed by atoms with Crippen molar-refractivity contribution < 1.29 is 14.4 Å². The minimum atomic E-state index is 0.116. The maximum atomic E-state index is 4.80. The molecule has 0 aromatic carbocycles. The second-order valence-corrected chi connectivity index (χ2v) is 1.42. The van der Waals surface area contributed by atoms with Crippen LogP contribution in [0.4, 0.5) is 0 Å². The van der Waals surface area contributed by atoms with E-state index in [4.69, 9.17) is 10.6 Å². The van der Waals surface area contributed by atoms with Gasteiger partial charge in [0.25, 0.3) is 0 Å². The first kappa shape index (κ1) is 8.80. The van der Waals surface area contributed by atoms with Gasteiger partial charge in [0, 0.05) is 0 Å². The summed E-state index contributed by atoms with van der Waals surface area (Å²) in [6, 6.07) is 0. The number of ether oxygens (including phenoxy) is 1. The molecule has 0 aromatic heterocycles. The largest absolute Gasteiger partial charge is 0.353 e. The highest BCUT2D eigenvalue weighted by Gasteiger charge is 1.85. The highest BCUT2D eigenvalue weighted by Crippen LogP contribution is 1.80. The minimum absolute atomic E-state index is 0.116. The van der Waals surface area contributed by atoms with Crippen molar-refractivity contribution in [1.29, 1.82) is 0 Å². The van der Waals surface area contributed by atoms with Crippen LogP contribution in [0.25, 0.3) is 0 Å². The summed E-state index contributed by atoms with van der Waals surface area (Å²) in [6.45, 7) is 1.16. The van der Waals surface area contributed by atoms with Crippen molar-refractivity contribution in [1.82, 2.24) is 0 Å². The lowest BCUT2D eigenvalue weighted by atomic mass is 10.5. The molecule has 0 aliphatic carbocycles. The molecule has 0 amide bonds. The summed E-state index contributed by atoms with van der Waals surface area (Å²) < 4.78 is 4.80. The normalized spacial score (nSPS) is 10.0. The van der Waals surface area contributed by atoms with Crippen LogP contribution in [-0.4, -0.2) is 20.0 Å². The quantitative estimate of drug-likeness (QED) is 0.282. The average molecular weight is 136 g/mol. The summed E-state index contributed by atoms with van der Waals surface area (Å²) in [6.07, 6.45) is 0.750. The van der Waals surface area contributed by atoms with E-state index < -0.39 is 0 Å². The highest BCUT2D eigenvalue weighted by atomic mass is 16.7. The van der Waals surface area contributed by atoms with Crippen LogP contribution in [-0.2, 0) is 14.4 Å². The van der Waals surface area contributed by atoms with Gasteiger partial charge in [0.2, 0.25) is 0 Å². The molecule has 0 spiro atoms. The maximum Gasteiger partial charge on any atom is 0.166 e. The number of hydrogen-bond donors (Lipinski definition) is 2. The molecular weight excluding hydrogens is 124 g/mol. The van der Waals surface area contributed by atoms with Gasteiger partial charge < -0.3 is 9.57 Å². The van der Waals surface area contributed by atoms with Crippen molar-refractivity contribution in [3.63, 3.8) is 0 Å². The number of rotatable bonds is 6. The van der Waals surface area contributed by atoms with E-state index in [1.54, 1.807) is 0 Å². The Morgan fingerprint density at radius 2 is 1.78 bits per heavy atom. The van der Waals surface area contributed by atoms with Gasteiger partial charge in [0.15, 0.2) is 6.79 Å². The summed E-state index contributed by atoms with van der Waals surface area (Å²) in [5.41, 5.74) is 0. The van der Waals surface area contributed by atoms with E-state index in [2.05, 4.69) is 15.6 Å². The van der Waals surface area contributed by atoms with Crippen LogP contribution in [0.2, 0.25) is 0 Å². The van der Waals surface area contributed by atoms with E-state index in [9.17, 15) is 0 Å². The Bertz CT molecular complexity index is 47.1. The Morgan fingerprint density at radius 3 is 2.33 bits per heavy atom. The summed E-state index contributed by atoms with van der Waals surface area (Å²) in [5, 5.41) is 0. The molecule has 5 heteroatoms. The molecule has 0 aliphatic heterocycles. The van der Waals surface area contributed by atoms with E-state index in [0.29, 0.717) is 13.2 Å². The van der Waals surface area contributed by atoms with E-state index in [1.165, 1.54) is 0 Å². The second kappa shape index (κ2) is 7.80. The molecule has 0 fully saturated rings. The first-order valence-electron chi connectivity index (χ1n) is 2.63. The Labute approximate surface area is 53.8 Å². The van der Waals surface area contributed by atoms with Gasteiger partial charge in [0.1, 0.15) is 0 Å². The third kappa shape index (κ3) is 7.80. The average Bonchev–Trinajstić information content (AvgIpc) is 1.89. The number of hydrogen-bond acceptors (Lipinski definition) is 5. The summed E-state index contributed by atoms with van der Waals surface area (Å²) in [5.74, 6) is 9.39. The molecule has 0 aromatic rings. The predicted molar refractivity (Wildman–Crippen MR) is 30.8 cm³/mol. The Kier molecular flexibility index (Phi) is 7.63. The molecule has 0 rings (SSSR count). The lowest BCUT2D eigenvalue weighted by Gasteiger charge is -1.99.